The molecule has 19 heavy (non-hydrogen) atoms. The first kappa shape index (κ1) is 13.3. The molecule has 0 bridgehead atoms. The zero-order chi connectivity index (χ0) is 13.7. The van der Waals surface area contributed by atoms with Gasteiger partial charge < -0.3 is 11.1 Å². The smallest absolute Gasteiger partial charge is 0.224 e. The Labute approximate surface area is 112 Å². The molecule has 0 saturated heterocycles. The highest BCUT2D eigenvalue weighted by molar-refractivity contribution is 5.91. The number of hydrogen-bond acceptors (Lipinski definition) is 3. The average Bonchev–Trinajstić information content (AvgIpc) is 2.93. The normalized spacial score (nSPS) is 12.1. The van der Waals surface area contributed by atoms with Crippen molar-refractivity contribution in [2.45, 2.75) is 13.3 Å². The maximum absolute atomic E-state index is 11.7. The molecule has 100 valence electrons. The molecule has 1 heterocycles. The van der Waals surface area contributed by atoms with Crippen LogP contribution in [0, 0.1) is 5.92 Å². The van der Waals surface area contributed by atoms with Crippen LogP contribution in [-0.4, -0.2) is 22.6 Å². The monoisotopic (exact) mass is 258 g/mol. The molecule has 1 aromatic heterocycles. The fraction of sp³-hybridized carbons (Fsp3) is 0.286. The predicted octanol–water partition coefficient (Wildman–Crippen LogP) is 2.00. The highest BCUT2D eigenvalue weighted by Gasteiger charge is 2.07. The molecule has 5 heteroatoms. The van der Waals surface area contributed by atoms with Crippen LogP contribution in [0.1, 0.15) is 13.3 Å². The van der Waals surface area contributed by atoms with Crippen molar-refractivity contribution in [2.75, 3.05) is 11.9 Å². The molecule has 0 saturated carbocycles. The number of hydrogen-bond donors (Lipinski definition) is 3. The summed E-state index contributed by atoms with van der Waals surface area (Å²) >= 11 is 0. The van der Waals surface area contributed by atoms with Gasteiger partial charge in [0, 0.05) is 18.3 Å². The molecule has 0 radical (unpaired) electrons. The standard InChI is InChI=1S/C14H18N4O/c1-10(9-15)8-14(19)17-12-4-2-11(3-5-12)13-6-7-16-18-13/h2-7,10H,8-9,15H2,1H3,(H,16,18)(H,17,19). The van der Waals surface area contributed by atoms with E-state index in [1.807, 2.05) is 37.3 Å². The molecule has 0 aliphatic heterocycles. The number of aromatic nitrogens is 2. The van der Waals surface area contributed by atoms with Crippen molar-refractivity contribution in [1.29, 1.82) is 0 Å². The van der Waals surface area contributed by atoms with Gasteiger partial charge in [0.1, 0.15) is 0 Å². The number of aromatic amines is 1. The summed E-state index contributed by atoms with van der Waals surface area (Å²) in [5.41, 5.74) is 8.27. The Morgan fingerprint density at radius 3 is 2.68 bits per heavy atom. The quantitative estimate of drug-likeness (QED) is 0.767. The van der Waals surface area contributed by atoms with Crippen LogP contribution in [0.25, 0.3) is 11.3 Å². The minimum Gasteiger partial charge on any atom is -0.330 e. The van der Waals surface area contributed by atoms with Gasteiger partial charge in [0.05, 0.1) is 5.69 Å². The van der Waals surface area contributed by atoms with Gasteiger partial charge in [-0.15, -0.1) is 0 Å². The molecule has 1 atom stereocenters. The first-order valence-electron chi connectivity index (χ1n) is 6.28. The van der Waals surface area contributed by atoms with Gasteiger partial charge in [-0.2, -0.15) is 5.10 Å². The fourth-order valence-corrected chi connectivity index (χ4v) is 1.76. The van der Waals surface area contributed by atoms with Gasteiger partial charge in [-0.1, -0.05) is 19.1 Å². The molecular formula is C14H18N4O. The number of rotatable bonds is 5. The number of nitrogens with two attached hydrogens (primary N) is 1. The molecule has 5 nitrogen and oxygen atoms in total. The summed E-state index contributed by atoms with van der Waals surface area (Å²) in [5, 5.41) is 9.66. The van der Waals surface area contributed by atoms with Gasteiger partial charge in [-0.3, -0.25) is 9.89 Å². The van der Waals surface area contributed by atoms with Gasteiger partial charge in [-0.25, -0.2) is 0 Å². The van der Waals surface area contributed by atoms with Gasteiger partial charge in [0.25, 0.3) is 0 Å². The van der Waals surface area contributed by atoms with E-state index in [-0.39, 0.29) is 11.8 Å². The molecule has 0 spiro atoms. The number of nitrogens with one attached hydrogen (secondary N) is 2. The summed E-state index contributed by atoms with van der Waals surface area (Å²) in [6.07, 6.45) is 2.15. The van der Waals surface area contributed by atoms with Crippen LogP contribution >= 0.6 is 0 Å². The van der Waals surface area contributed by atoms with Crippen LogP contribution in [0.15, 0.2) is 36.5 Å². The summed E-state index contributed by atoms with van der Waals surface area (Å²) in [5.74, 6) is 0.191. The second-order valence-corrected chi connectivity index (χ2v) is 4.64. The van der Waals surface area contributed by atoms with E-state index < -0.39 is 0 Å². The van der Waals surface area contributed by atoms with Gasteiger partial charge in [-0.05, 0) is 36.2 Å². The second-order valence-electron chi connectivity index (χ2n) is 4.64. The maximum Gasteiger partial charge on any atom is 0.224 e. The number of amides is 1. The Morgan fingerprint density at radius 2 is 2.11 bits per heavy atom. The van der Waals surface area contributed by atoms with Crippen molar-refractivity contribution in [3.63, 3.8) is 0 Å². The number of carbonyl (C=O) groups is 1. The lowest BCUT2D eigenvalue weighted by molar-refractivity contribution is -0.116. The Bertz CT molecular complexity index is 519. The Balaban J connectivity index is 1.97. The summed E-state index contributed by atoms with van der Waals surface area (Å²) in [6, 6.07) is 9.53. The van der Waals surface area contributed by atoms with Gasteiger partial charge in [0.2, 0.25) is 5.91 Å². The third kappa shape index (κ3) is 3.66. The van der Waals surface area contributed by atoms with Crippen molar-refractivity contribution in [2.24, 2.45) is 11.7 Å². The molecule has 4 N–H and O–H groups in total. The van der Waals surface area contributed by atoms with E-state index in [9.17, 15) is 4.79 Å². The molecular weight excluding hydrogens is 240 g/mol. The number of H-pyrrole nitrogens is 1. The van der Waals surface area contributed by atoms with Gasteiger partial charge in [0.15, 0.2) is 0 Å². The van der Waals surface area contributed by atoms with E-state index in [4.69, 9.17) is 5.73 Å². The van der Waals surface area contributed by atoms with Crippen LogP contribution < -0.4 is 11.1 Å². The van der Waals surface area contributed by atoms with Crippen molar-refractivity contribution < 1.29 is 4.79 Å². The van der Waals surface area contributed by atoms with Crippen molar-refractivity contribution in [3.8, 4) is 11.3 Å². The van der Waals surface area contributed by atoms with Crippen molar-refractivity contribution >= 4 is 11.6 Å². The average molecular weight is 258 g/mol. The number of anilines is 1. The van der Waals surface area contributed by atoms with Crippen LogP contribution in [0.5, 0.6) is 0 Å². The minimum atomic E-state index is -0.00718. The van der Waals surface area contributed by atoms with E-state index >= 15 is 0 Å². The molecule has 0 fully saturated rings. The lowest BCUT2D eigenvalue weighted by atomic mass is 10.1. The SMILES string of the molecule is CC(CN)CC(=O)Nc1ccc(-c2ccn[nH]2)cc1. The summed E-state index contributed by atoms with van der Waals surface area (Å²) in [4.78, 5) is 11.7. The summed E-state index contributed by atoms with van der Waals surface area (Å²) < 4.78 is 0. The second kappa shape index (κ2) is 6.15. The lowest BCUT2D eigenvalue weighted by Crippen LogP contribution is -2.19. The summed E-state index contributed by atoms with van der Waals surface area (Å²) in [6.45, 7) is 2.48. The highest BCUT2D eigenvalue weighted by Crippen LogP contribution is 2.19. The van der Waals surface area contributed by atoms with E-state index in [1.165, 1.54) is 0 Å². The highest BCUT2D eigenvalue weighted by atomic mass is 16.1. The van der Waals surface area contributed by atoms with E-state index in [1.54, 1.807) is 6.20 Å². The first-order chi connectivity index (χ1) is 9.19. The van der Waals surface area contributed by atoms with Crippen LogP contribution in [0.4, 0.5) is 5.69 Å². The Kier molecular flexibility index (Phi) is 4.30. The number of benzene rings is 1. The third-order valence-electron chi connectivity index (χ3n) is 2.92. The first-order valence-corrected chi connectivity index (χ1v) is 6.28. The lowest BCUT2D eigenvalue weighted by Gasteiger charge is -2.09. The van der Waals surface area contributed by atoms with E-state index in [2.05, 4.69) is 15.5 Å². The topological polar surface area (TPSA) is 83.8 Å². The molecule has 0 aliphatic carbocycles. The largest absolute Gasteiger partial charge is 0.330 e. The third-order valence-corrected chi connectivity index (χ3v) is 2.92. The molecule has 1 unspecified atom stereocenters. The zero-order valence-electron chi connectivity index (χ0n) is 10.9. The minimum absolute atomic E-state index is 0.00718. The molecule has 1 amide bonds. The predicted molar refractivity (Wildman–Crippen MR) is 75.5 cm³/mol. The number of carbonyl (C=O) groups excluding carboxylic acids is 1. The molecule has 0 aliphatic rings. The zero-order valence-corrected chi connectivity index (χ0v) is 10.9. The Hall–Kier alpha value is -2.14. The van der Waals surface area contributed by atoms with Crippen LogP contribution in [-0.2, 0) is 4.79 Å². The summed E-state index contributed by atoms with van der Waals surface area (Å²) in [7, 11) is 0. The van der Waals surface area contributed by atoms with Crippen LogP contribution in [0.3, 0.4) is 0 Å². The molecule has 2 rings (SSSR count). The fourth-order valence-electron chi connectivity index (χ4n) is 1.76. The maximum atomic E-state index is 11.7. The van der Waals surface area contributed by atoms with Gasteiger partial charge >= 0.3 is 0 Å². The van der Waals surface area contributed by atoms with Crippen LogP contribution in [0.2, 0.25) is 0 Å². The van der Waals surface area contributed by atoms with Crippen molar-refractivity contribution in [1.82, 2.24) is 10.2 Å². The van der Waals surface area contributed by atoms with E-state index in [0.29, 0.717) is 13.0 Å². The van der Waals surface area contributed by atoms with Crippen molar-refractivity contribution in [3.05, 3.63) is 36.5 Å². The molecule has 1 aromatic carbocycles. The molecule has 2 aromatic rings. The van der Waals surface area contributed by atoms with E-state index in [0.717, 1.165) is 16.9 Å². The number of nitrogens with zero attached hydrogens (tertiary/aromatic N) is 1. The Morgan fingerprint density at radius 1 is 1.37 bits per heavy atom.